The molecule has 4 nitrogen and oxygen atoms in total. The molecule has 5 heteroatoms. The Morgan fingerprint density at radius 3 is 2.76 bits per heavy atom. The SMILES string of the molecule is NC1CCC2CN(C(=O)CCOc3ccc(Cl)cc3)CC12. The lowest BCUT2D eigenvalue weighted by molar-refractivity contribution is -0.131. The van der Waals surface area contributed by atoms with Crippen LogP contribution in [0.25, 0.3) is 0 Å². The molecule has 1 amide bonds. The molecule has 1 aromatic carbocycles. The van der Waals surface area contributed by atoms with Crippen LogP contribution in [0.2, 0.25) is 5.02 Å². The quantitative estimate of drug-likeness (QED) is 0.928. The number of hydrogen-bond acceptors (Lipinski definition) is 3. The second kappa shape index (κ2) is 6.24. The van der Waals surface area contributed by atoms with Gasteiger partial charge < -0.3 is 15.4 Å². The van der Waals surface area contributed by atoms with E-state index in [0.29, 0.717) is 29.9 Å². The zero-order valence-corrected chi connectivity index (χ0v) is 12.8. The number of carbonyl (C=O) groups is 1. The lowest BCUT2D eigenvalue weighted by Crippen LogP contribution is -2.34. The van der Waals surface area contributed by atoms with E-state index in [1.54, 1.807) is 12.1 Å². The normalized spacial score (nSPS) is 27.7. The number of amides is 1. The topological polar surface area (TPSA) is 55.6 Å². The van der Waals surface area contributed by atoms with Crippen LogP contribution in [-0.4, -0.2) is 36.5 Å². The fourth-order valence-corrected chi connectivity index (χ4v) is 3.58. The van der Waals surface area contributed by atoms with Gasteiger partial charge in [0.25, 0.3) is 0 Å². The van der Waals surface area contributed by atoms with Gasteiger partial charge in [-0.3, -0.25) is 4.79 Å². The van der Waals surface area contributed by atoms with E-state index in [1.165, 1.54) is 0 Å². The molecule has 2 fully saturated rings. The van der Waals surface area contributed by atoms with Crippen molar-refractivity contribution in [3.63, 3.8) is 0 Å². The number of fused-ring (bicyclic) bond motifs is 1. The number of nitrogens with zero attached hydrogens (tertiary/aromatic N) is 1. The van der Waals surface area contributed by atoms with Gasteiger partial charge in [-0.05, 0) is 48.9 Å². The number of carbonyl (C=O) groups excluding carboxylic acids is 1. The Balaban J connectivity index is 1.44. The first-order valence-electron chi connectivity index (χ1n) is 7.55. The molecule has 1 aliphatic carbocycles. The summed E-state index contributed by atoms with van der Waals surface area (Å²) in [5, 5.41) is 0.679. The molecule has 0 bridgehead atoms. The summed E-state index contributed by atoms with van der Waals surface area (Å²) in [4.78, 5) is 14.2. The average Bonchev–Trinajstić information content (AvgIpc) is 3.04. The maximum absolute atomic E-state index is 12.2. The fourth-order valence-electron chi connectivity index (χ4n) is 3.46. The van der Waals surface area contributed by atoms with Gasteiger partial charge in [-0.1, -0.05) is 11.6 Å². The zero-order chi connectivity index (χ0) is 14.8. The summed E-state index contributed by atoms with van der Waals surface area (Å²) in [7, 11) is 0. The molecule has 1 aromatic rings. The molecule has 3 atom stereocenters. The largest absolute Gasteiger partial charge is 0.493 e. The van der Waals surface area contributed by atoms with E-state index in [0.717, 1.165) is 31.7 Å². The van der Waals surface area contributed by atoms with Crippen LogP contribution < -0.4 is 10.5 Å². The minimum absolute atomic E-state index is 0.172. The third-order valence-corrected chi connectivity index (χ3v) is 4.92. The van der Waals surface area contributed by atoms with Gasteiger partial charge in [-0.2, -0.15) is 0 Å². The number of ether oxygens (including phenoxy) is 1. The second-order valence-corrected chi connectivity index (χ2v) is 6.45. The van der Waals surface area contributed by atoms with Crippen molar-refractivity contribution in [2.75, 3.05) is 19.7 Å². The number of halogens is 1. The van der Waals surface area contributed by atoms with Gasteiger partial charge in [0, 0.05) is 24.2 Å². The van der Waals surface area contributed by atoms with Crippen molar-refractivity contribution in [1.29, 1.82) is 0 Å². The van der Waals surface area contributed by atoms with Gasteiger partial charge in [0.05, 0.1) is 13.0 Å². The highest BCUT2D eigenvalue weighted by Crippen LogP contribution is 2.37. The van der Waals surface area contributed by atoms with Gasteiger partial charge in [-0.25, -0.2) is 0 Å². The lowest BCUT2D eigenvalue weighted by Gasteiger charge is -2.18. The molecule has 1 saturated heterocycles. The first-order valence-corrected chi connectivity index (χ1v) is 7.93. The number of benzene rings is 1. The summed E-state index contributed by atoms with van der Waals surface area (Å²) in [5.74, 6) is 2.03. The molecule has 1 aliphatic heterocycles. The highest BCUT2D eigenvalue weighted by Gasteiger charge is 2.42. The average molecular weight is 309 g/mol. The van der Waals surface area contributed by atoms with Crippen molar-refractivity contribution in [2.24, 2.45) is 17.6 Å². The van der Waals surface area contributed by atoms with Crippen molar-refractivity contribution in [1.82, 2.24) is 4.90 Å². The van der Waals surface area contributed by atoms with E-state index >= 15 is 0 Å². The van der Waals surface area contributed by atoms with Gasteiger partial charge in [0.15, 0.2) is 0 Å². The monoisotopic (exact) mass is 308 g/mol. The van der Waals surface area contributed by atoms with Gasteiger partial charge in [0.2, 0.25) is 5.91 Å². The second-order valence-electron chi connectivity index (χ2n) is 6.02. The molecule has 1 heterocycles. The number of hydrogen-bond donors (Lipinski definition) is 1. The molecule has 114 valence electrons. The lowest BCUT2D eigenvalue weighted by atomic mass is 9.98. The minimum atomic E-state index is 0.172. The Labute approximate surface area is 130 Å². The fraction of sp³-hybridized carbons (Fsp3) is 0.562. The third kappa shape index (κ3) is 3.33. The van der Waals surface area contributed by atoms with Crippen molar-refractivity contribution >= 4 is 17.5 Å². The molecule has 3 unspecified atom stereocenters. The van der Waals surface area contributed by atoms with Gasteiger partial charge in [0.1, 0.15) is 5.75 Å². The summed E-state index contributed by atoms with van der Waals surface area (Å²) in [5.41, 5.74) is 6.10. The summed E-state index contributed by atoms with van der Waals surface area (Å²) in [6.45, 7) is 2.10. The van der Waals surface area contributed by atoms with Gasteiger partial charge >= 0.3 is 0 Å². The van der Waals surface area contributed by atoms with E-state index < -0.39 is 0 Å². The first-order chi connectivity index (χ1) is 10.1. The number of rotatable bonds is 4. The summed E-state index contributed by atoms with van der Waals surface area (Å²) >= 11 is 5.81. The first kappa shape index (κ1) is 14.7. The highest BCUT2D eigenvalue weighted by molar-refractivity contribution is 6.30. The Kier molecular flexibility index (Phi) is 4.36. The van der Waals surface area contributed by atoms with E-state index in [1.807, 2.05) is 17.0 Å². The van der Waals surface area contributed by atoms with Crippen molar-refractivity contribution < 1.29 is 9.53 Å². The Bertz CT molecular complexity index is 506. The maximum Gasteiger partial charge on any atom is 0.226 e. The third-order valence-electron chi connectivity index (χ3n) is 4.66. The molecular weight excluding hydrogens is 288 g/mol. The highest BCUT2D eigenvalue weighted by atomic mass is 35.5. The van der Waals surface area contributed by atoms with Crippen LogP contribution in [-0.2, 0) is 4.79 Å². The van der Waals surface area contributed by atoms with Crippen molar-refractivity contribution in [3.8, 4) is 5.75 Å². The smallest absolute Gasteiger partial charge is 0.226 e. The summed E-state index contributed by atoms with van der Waals surface area (Å²) in [6.07, 6.45) is 2.69. The molecule has 1 saturated carbocycles. The standard InChI is InChI=1S/C16H21ClN2O2/c17-12-2-4-13(5-3-12)21-8-7-16(20)19-9-11-1-6-15(18)14(11)10-19/h2-5,11,14-15H,1,6-10,18H2. The number of nitrogens with two attached hydrogens (primary N) is 1. The summed E-state index contributed by atoms with van der Waals surface area (Å²) < 4.78 is 5.58. The Morgan fingerprint density at radius 1 is 1.29 bits per heavy atom. The predicted octanol–water partition coefficient (Wildman–Crippen LogP) is 2.30. The van der Waals surface area contributed by atoms with E-state index in [-0.39, 0.29) is 11.9 Å². The van der Waals surface area contributed by atoms with Crippen LogP contribution in [0, 0.1) is 11.8 Å². The van der Waals surface area contributed by atoms with Crippen LogP contribution in [0.5, 0.6) is 5.75 Å². The molecule has 21 heavy (non-hydrogen) atoms. The minimum Gasteiger partial charge on any atom is -0.493 e. The predicted molar refractivity (Wildman–Crippen MR) is 82.3 cm³/mol. The molecule has 0 aromatic heterocycles. The zero-order valence-electron chi connectivity index (χ0n) is 12.0. The van der Waals surface area contributed by atoms with Crippen LogP contribution in [0.4, 0.5) is 0 Å². The maximum atomic E-state index is 12.2. The number of likely N-dealkylation sites (tertiary alicyclic amines) is 1. The summed E-state index contributed by atoms with van der Waals surface area (Å²) in [6, 6.07) is 7.46. The molecule has 0 radical (unpaired) electrons. The molecule has 2 N–H and O–H groups in total. The molecule has 3 rings (SSSR count). The van der Waals surface area contributed by atoms with Crippen molar-refractivity contribution in [3.05, 3.63) is 29.3 Å². The molecule has 0 spiro atoms. The Morgan fingerprint density at radius 2 is 2.05 bits per heavy atom. The van der Waals surface area contributed by atoms with Crippen LogP contribution in [0.15, 0.2) is 24.3 Å². The molecule has 2 aliphatic rings. The van der Waals surface area contributed by atoms with Crippen LogP contribution >= 0.6 is 11.6 Å². The van der Waals surface area contributed by atoms with E-state index in [9.17, 15) is 4.79 Å². The van der Waals surface area contributed by atoms with Crippen LogP contribution in [0.3, 0.4) is 0 Å². The Hall–Kier alpha value is -1.26. The van der Waals surface area contributed by atoms with E-state index in [4.69, 9.17) is 22.1 Å². The molecular formula is C16H21ClN2O2. The van der Waals surface area contributed by atoms with Gasteiger partial charge in [-0.15, -0.1) is 0 Å². The van der Waals surface area contributed by atoms with E-state index in [2.05, 4.69) is 0 Å². The van der Waals surface area contributed by atoms with Crippen molar-refractivity contribution in [2.45, 2.75) is 25.3 Å². The van der Waals surface area contributed by atoms with Crippen LogP contribution in [0.1, 0.15) is 19.3 Å².